The molecule has 0 unspecified atom stereocenters. The van der Waals surface area contributed by atoms with E-state index >= 15 is 0 Å². The van der Waals surface area contributed by atoms with Crippen LogP contribution < -0.4 is 10.6 Å². The van der Waals surface area contributed by atoms with Crippen molar-refractivity contribution in [2.24, 2.45) is 0 Å². The zero-order chi connectivity index (χ0) is 10.5. The van der Waals surface area contributed by atoms with E-state index in [9.17, 15) is 0 Å². The van der Waals surface area contributed by atoms with Crippen molar-refractivity contribution in [3.05, 3.63) is 18.6 Å². The minimum atomic E-state index is 0.574. The second kappa shape index (κ2) is 5.07. The van der Waals surface area contributed by atoms with Crippen molar-refractivity contribution in [3.63, 3.8) is 0 Å². The van der Waals surface area contributed by atoms with Crippen LogP contribution in [0.3, 0.4) is 0 Å². The second-order valence-electron chi connectivity index (χ2n) is 4.08. The van der Waals surface area contributed by atoms with Crippen LogP contribution in [0.2, 0.25) is 0 Å². The van der Waals surface area contributed by atoms with Gasteiger partial charge in [0.15, 0.2) is 0 Å². The second-order valence-corrected chi connectivity index (χ2v) is 4.08. The molecule has 82 valence electrons. The normalized spacial score (nSPS) is 26.2. The van der Waals surface area contributed by atoms with E-state index in [1.165, 1.54) is 25.7 Å². The molecule has 0 amide bonds. The molecule has 1 saturated carbocycles. The highest BCUT2D eigenvalue weighted by molar-refractivity contribution is 5.33. The Kier molecular flexibility index (Phi) is 3.50. The third kappa shape index (κ3) is 2.89. The zero-order valence-corrected chi connectivity index (χ0v) is 9.11. The van der Waals surface area contributed by atoms with Gasteiger partial charge in [-0.3, -0.25) is 0 Å². The Morgan fingerprint density at radius 2 is 1.93 bits per heavy atom. The highest BCUT2D eigenvalue weighted by Crippen LogP contribution is 2.20. The van der Waals surface area contributed by atoms with Gasteiger partial charge in [0.05, 0.1) is 0 Å². The molecule has 4 nitrogen and oxygen atoms in total. The largest absolute Gasteiger partial charge is 0.367 e. The predicted molar refractivity (Wildman–Crippen MR) is 60.8 cm³/mol. The number of nitrogens with zero attached hydrogens (tertiary/aromatic N) is 2. The molecule has 0 atom stereocenters. The van der Waals surface area contributed by atoms with E-state index in [1.807, 2.05) is 13.1 Å². The van der Waals surface area contributed by atoms with Gasteiger partial charge in [-0.1, -0.05) is 0 Å². The summed E-state index contributed by atoms with van der Waals surface area (Å²) in [6, 6.07) is 3.20. The lowest BCUT2D eigenvalue weighted by Crippen LogP contribution is -2.35. The van der Waals surface area contributed by atoms with Crippen molar-refractivity contribution in [3.8, 4) is 0 Å². The molecule has 15 heavy (non-hydrogen) atoms. The van der Waals surface area contributed by atoms with Crippen LogP contribution in [-0.2, 0) is 0 Å². The SMILES string of the molecule is CNC1CCC(Nc2ccncn2)CC1. The monoisotopic (exact) mass is 206 g/mol. The molecule has 1 aliphatic carbocycles. The third-order valence-corrected chi connectivity index (χ3v) is 3.07. The summed E-state index contributed by atoms with van der Waals surface area (Å²) in [6.07, 6.45) is 8.29. The Bertz CT molecular complexity index is 280. The summed E-state index contributed by atoms with van der Waals surface area (Å²) in [7, 11) is 2.04. The lowest BCUT2D eigenvalue weighted by Gasteiger charge is -2.29. The average Bonchev–Trinajstić information content (AvgIpc) is 2.31. The fraction of sp³-hybridized carbons (Fsp3) is 0.636. The number of anilines is 1. The summed E-state index contributed by atoms with van der Waals surface area (Å²) in [5.41, 5.74) is 0. The van der Waals surface area contributed by atoms with Gasteiger partial charge in [-0.15, -0.1) is 0 Å². The van der Waals surface area contributed by atoms with Crippen molar-refractivity contribution in [1.82, 2.24) is 15.3 Å². The van der Waals surface area contributed by atoms with Crippen molar-refractivity contribution in [2.75, 3.05) is 12.4 Å². The molecule has 0 aromatic carbocycles. The quantitative estimate of drug-likeness (QED) is 0.785. The van der Waals surface area contributed by atoms with Crippen LogP contribution in [0.15, 0.2) is 18.6 Å². The van der Waals surface area contributed by atoms with Gasteiger partial charge in [-0.05, 0) is 38.8 Å². The first-order valence-corrected chi connectivity index (χ1v) is 5.58. The van der Waals surface area contributed by atoms with Gasteiger partial charge in [0.1, 0.15) is 12.1 Å². The van der Waals surface area contributed by atoms with Gasteiger partial charge in [0, 0.05) is 18.3 Å². The molecule has 2 rings (SSSR count). The van der Waals surface area contributed by atoms with Crippen LogP contribution in [0.25, 0.3) is 0 Å². The fourth-order valence-corrected chi connectivity index (χ4v) is 2.11. The molecule has 1 heterocycles. The summed E-state index contributed by atoms with van der Waals surface area (Å²) in [5, 5.41) is 6.78. The van der Waals surface area contributed by atoms with Crippen LogP contribution in [0.4, 0.5) is 5.82 Å². The minimum absolute atomic E-state index is 0.574. The van der Waals surface area contributed by atoms with Gasteiger partial charge in [0.2, 0.25) is 0 Å². The van der Waals surface area contributed by atoms with Crippen LogP contribution in [0, 0.1) is 0 Å². The Balaban J connectivity index is 1.82. The van der Waals surface area contributed by atoms with Crippen molar-refractivity contribution in [1.29, 1.82) is 0 Å². The van der Waals surface area contributed by atoms with Gasteiger partial charge >= 0.3 is 0 Å². The maximum atomic E-state index is 4.17. The van der Waals surface area contributed by atoms with Crippen LogP contribution >= 0.6 is 0 Å². The molecule has 4 heteroatoms. The first-order chi connectivity index (χ1) is 7.38. The van der Waals surface area contributed by atoms with E-state index in [2.05, 4.69) is 20.6 Å². The van der Waals surface area contributed by atoms with Crippen LogP contribution in [0.1, 0.15) is 25.7 Å². The zero-order valence-electron chi connectivity index (χ0n) is 9.11. The molecule has 1 aromatic rings. The van der Waals surface area contributed by atoms with Crippen LogP contribution in [0.5, 0.6) is 0 Å². The lowest BCUT2D eigenvalue weighted by molar-refractivity contribution is 0.371. The minimum Gasteiger partial charge on any atom is -0.367 e. The smallest absolute Gasteiger partial charge is 0.129 e. The predicted octanol–water partition coefficient (Wildman–Crippen LogP) is 1.42. The molecule has 2 N–H and O–H groups in total. The van der Waals surface area contributed by atoms with Gasteiger partial charge in [-0.2, -0.15) is 0 Å². The summed E-state index contributed by atoms with van der Waals surface area (Å²) in [5.74, 6) is 0.943. The van der Waals surface area contributed by atoms with E-state index in [4.69, 9.17) is 0 Å². The summed E-state index contributed by atoms with van der Waals surface area (Å²) >= 11 is 0. The van der Waals surface area contributed by atoms with Gasteiger partial charge in [0.25, 0.3) is 0 Å². The van der Waals surface area contributed by atoms with E-state index < -0.39 is 0 Å². The van der Waals surface area contributed by atoms with E-state index in [0.717, 1.165) is 5.82 Å². The Labute approximate surface area is 90.5 Å². The molecule has 0 bridgehead atoms. The Morgan fingerprint density at radius 3 is 2.53 bits per heavy atom. The molecule has 1 fully saturated rings. The Hall–Kier alpha value is -1.16. The molecular formula is C11H18N4. The summed E-state index contributed by atoms with van der Waals surface area (Å²) < 4.78 is 0. The number of hydrogen-bond donors (Lipinski definition) is 2. The Morgan fingerprint density at radius 1 is 1.20 bits per heavy atom. The standard InChI is InChI=1S/C11H18N4/c1-12-9-2-4-10(5-3-9)15-11-6-7-13-8-14-11/h6-10,12H,2-5H2,1H3,(H,13,14,15). The number of aromatic nitrogens is 2. The first-order valence-electron chi connectivity index (χ1n) is 5.58. The van der Waals surface area contributed by atoms with E-state index in [1.54, 1.807) is 12.5 Å². The van der Waals surface area contributed by atoms with Gasteiger partial charge in [-0.25, -0.2) is 9.97 Å². The number of nitrogens with one attached hydrogen (secondary N) is 2. The number of hydrogen-bond acceptors (Lipinski definition) is 4. The van der Waals surface area contributed by atoms with E-state index in [0.29, 0.717) is 12.1 Å². The first kappa shape index (κ1) is 10.4. The summed E-state index contributed by atoms with van der Waals surface area (Å²) in [6.45, 7) is 0. The molecular weight excluding hydrogens is 188 g/mol. The highest BCUT2D eigenvalue weighted by Gasteiger charge is 2.19. The molecule has 0 spiro atoms. The average molecular weight is 206 g/mol. The molecule has 1 aliphatic rings. The van der Waals surface area contributed by atoms with Gasteiger partial charge < -0.3 is 10.6 Å². The molecule has 0 radical (unpaired) electrons. The number of rotatable bonds is 3. The molecule has 1 aromatic heterocycles. The maximum Gasteiger partial charge on any atom is 0.129 e. The van der Waals surface area contributed by atoms with E-state index in [-0.39, 0.29) is 0 Å². The van der Waals surface area contributed by atoms with Crippen molar-refractivity contribution < 1.29 is 0 Å². The topological polar surface area (TPSA) is 49.8 Å². The van der Waals surface area contributed by atoms with Crippen molar-refractivity contribution in [2.45, 2.75) is 37.8 Å². The lowest BCUT2D eigenvalue weighted by atomic mass is 9.91. The van der Waals surface area contributed by atoms with Crippen LogP contribution in [-0.4, -0.2) is 29.1 Å². The fourth-order valence-electron chi connectivity index (χ4n) is 2.11. The summed E-state index contributed by atoms with van der Waals surface area (Å²) in [4.78, 5) is 8.08. The molecule has 0 aliphatic heterocycles. The van der Waals surface area contributed by atoms with Crippen molar-refractivity contribution >= 4 is 5.82 Å². The maximum absolute atomic E-state index is 4.17. The molecule has 0 saturated heterocycles. The highest BCUT2D eigenvalue weighted by atomic mass is 15.0. The third-order valence-electron chi connectivity index (χ3n) is 3.07.